The summed E-state index contributed by atoms with van der Waals surface area (Å²) in [6.45, 7) is 0. The van der Waals surface area contributed by atoms with Gasteiger partial charge in [0, 0.05) is 22.2 Å². The number of esters is 1. The lowest BCUT2D eigenvalue weighted by Gasteiger charge is -2.01. The van der Waals surface area contributed by atoms with E-state index in [0.29, 0.717) is 16.8 Å². The van der Waals surface area contributed by atoms with E-state index in [1.165, 1.54) is 7.11 Å². The summed E-state index contributed by atoms with van der Waals surface area (Å²) in [6.07, 6.45) is 0. The van der Waals surface area contributed by atoms with Crippen LogP contribution in [-0.4, -0.2) is 18.1 Å². The SMILES string of the molecule is COC(=O)c1ccc2cc(-c3cc(F)c(F)c(F)c3)[nH]c2c1. The smallest absolute Gasteiger partial charge is 0.337 e. The average Bonchev–Trinajstić information content (AvgIpc) is 2.94. The van der Waals surface area contributed by atoms with Crippen LogP contribution in [-0.2, 0) is 4.74 Å². The van der Waals surface area contributed by atoms with E-state index >= 15 is 0 Å². The summed E-state index contributed by atoms with van der Waals surface area (Å²) >= 11 is 0. The second-order valence-corrected chi connectivity index (χ2v) is 4.73. The zero-order chi connectivity index (χ0) is 15.9. The maximum Gasteiger partial charge on any atom is 0.337 e. The molecular formula is C16H10F3NO2. The van der Waals surface area contributed by atoms with Crippen molar-refractivity contribution in [2.24, 2.45) is 0 Å². The van der Waals surface area contributed by atoms with Crippen LogP contribution in [0.15, 0.2) is 36.4 Å². The number of ether oxygens (including phenoxy) is 1. The highest BCUT2D eigenvalue weighted by Crippen LogP contribution is 2.27. The summed E-state index contributed by atoms with van der Waals surface area (Å²) in [6, 6.07) is 8.30. The number of rotatable bonds is 2. The van der Waals surface area contributed by atoms with Gasteiger partial charge in [0.15, 0.2) is 17.5 Å². The molecule has 0 fully saturated rings. The third kappa shape index (κ3) is 2.32. The first-order valence-electron chi connectivity index (χ1n) is 6.35. The molecule has 1 heterocycles. The molecule has 3 aromatic rings. The number of carbonyl (C=O) groups is 1. The molecule has 0 spiro atoms. The van der Waals surface area contributed by atoms with Gasteiger partial charge in [-0.15, -0.1) is 0 Å². The molecule has 0 saturated carbocycles. The molecule has 0 aliphatic heterocycles. The molecule has 1 aromatic heterocycles. The van der Waals surface area contributed by atoms with Crippen molar-refractivity contribution in [1.29, 1.82) is 0 Å². The molecule has 0 amide bonds. The second-order valence-electron chi connectivity index (χ2n) is 4.73. The van der Waals surface area contributed by atoms with Gasteiger partial charge in [-0.25, -0.2) is 18.0 Å². The maximum atomic E-state index is 13.3. The van der Waals surface area contributed by atoms with Crippen LogP contribution in [0.1, 0.15) is 10.4 Å². The Kier molecular flexibility index (Phi) is 3.36. The Balaban J connectivity index is 2.11. The van der Waals surface area contributed by atoms with Crippen LogP contribution in [0.25, 0.3) is 22.2 Å². The quantitative estimate of drug-likeness (QED) is 0.573. The Hall–Kier alpha value is -2.76. The Labute approximate surface area is 123 Å². The fraction of sp³-hybridized carbons (Fsp3) is 0.0625. The van der Waals surface area contributed by atoms with Crippen LogP contribution in [0, 0.1) is 17.5 Å². The number of fused-ring (bicyclic) bond motifs is 1. The molecule has 112 valence electrons. The van der Waals surface area contributed by atoms with Crippen LogP contribution in [0.2, 0.25) is 0 Å². The topological polar surface area (TPSA) is 42.1 Å². The molecule has 3 nitrogen and oxygen atoms in total. The molecule has 3 rings (SSSR count). The molecule has 2 aromatic carbocycles. The van der Waals surface area contributed by atoms with Crippen molar-refractivity contribution in [1.82, 2.24) is 4.98 Å². The summed E-state index contributed by atoms with van der Waals surface area (Å²) in [7, 11) is 1.27. The van der Waals surface area contributed by atoms with Crippen LogP contribution in [0.5, 0.6) is 0 Å². The first-order valence-corrected chi connectivity index (χ1v) is 6.35. The normalized spacial score (nSPS) is 10.9. The van der Waals surface area contributed by atoms with E-state index in [4.69, 9.17) is 0 Å². The second kappa shape index (κ2) is 5.22. The maximum absolute atomic E-state index is 13.3. The van der Waals surface area contributed by atoms with Crippen LogP contribution in [0.3, 0.4) is 0 Å². The van der Waals surface area contributed by atoms with Gasteiger partial charge in [0.05, 0.1) is 12.7 Å². The fourth-order valence-corrected chi connectivity index (χ4v) is 2.24. The van der Waals surface area contributed by atoms with Crippen molar-refractivity contribution >= 4 is 16.9 Å². The average molecular weight is 305 g/mol. The predicted octanol–water partition coefficient (Wildman–Crippen LogP) is 4.04. The van der Waals surface area contributed by atoms with Crippen molar-refractivity contribution in [3.63, 3.8) is 0 Å². The van der Waals surface area contributed by atoms with E-state index in [0.717, 1.165) is 17.5 Å². The Morgan fingerprint density at radius 3 is 2.36 bits per heavy atom. The zero-order valence-corrected chi connectivity index (χ0v) is 11.4. The van der Waals surface area contributed by atoms with E-state index < -0.39 is 23.4 Å². The molecule has 6 heteroatoms. The molecule has 0 unspecified atom stereocenters. The minimum Gasteiger partial charge on any atom is -0.465 e. The van der Waals surface area contributed by atoms with Gasteiger partial charge in [-0.1, -0.05) is 6.07 Å². The molecular weight excluding hydrogens is 295 g/mol. The molecule has 1 N–H and O–H groups in total. The van der Waals surface area contributed by atoms with Gasteiger partial charge in [0.2, 0.25) is 0 Å². The zero-order valence-electron chi connectivity index (χ0n) is 11.4. The van der Waals surface area contributed by atoms with E-state index in [2.05, 4.69) is 9.72 Å². The van der Waals surface area contributed by atoms with Gasteiger partial charge in [-0.2, -0.15) is 0 Å². The van der Waals surface area contributed by atoms with Gasteiger partial charge < -0.3 is 9.72 Å². The summed E-state index contributed by atoms with van der Waals surface area (Å²) in [5.41, 5.74) is 1.53. The van der Waals surface area contributed by atoms with Crippen LogP contribution >= 0.6 is 0 Å². The predicted molar refractivity (Wildman–Crippen MR) is 74.9 cm³/mol. The summed E-state index contributed by atoms with van der Waals surface area (Å²) in [5.74, 6) is -4.52. The van der Waals surface area contributed by atoms with Crippen molar-refractivity contribution in [2.45, 2.75) is 0 Å². The number of halogens is 3. The number of H-pyrrole nitrogens is 1. The number of aromatic amines is 1. The summed E-state index contributed by atoms with van der Waals surface area (Å²) in [4.78, 5) is 14.4. The number of aromatic nitrogens is 1. The number of methoxy groups -OCH3 is 1. The highest BCUT2D eigenvalue weighted by Gasteiger charge is 2.14. The lowest BCUT2D eigenvalue weighted by atomic mass is 10.1. The van der Waals surface area contributed by atoms with Crippen molar-refractivity contribution in [3.05, 3.63) is 59.4 Å². The van der Waals surface area contributed by atoms with E-state index in [1.54, 1.807) is 24.3 Å². The number of hydrogen-bond donors (Lipinski definition) is 1. The van der Waals surface area contributed by atoms with Gasteiger partial charge in [-0.3, -0.25) is 0 Å². The highest BCUT2D eigenvalue weighted by molar-refractivity contribution is 5.95. The van der Waals surface area contributed by atoms with E-state index in [1.807, 2.05) is 0 Å². The molecule has 0 aliphatic carbocycles. The first-order chi connectivity index (χ1) is 10.5. The molecule has 0 radical (unpaired) electrons. The monoisotopic (exact) mass is 305 g/mol. The fourth-order valence-electron chi connectivity index (χ4n) is 2.24. The van der Waals surface area contributed by atoms with E-state index in [9.17, 15) is 18.0 Å². The van der Waals surface area contributed by atoms with Crippen LogP contribution < -0.4 is 0 Å². The van der Waals surface area contributed by atoms with Crippen LogP contribution in [0.4, 0.5) is 13.2 Å². The Morgan fingerprint density at radius 2 is 1.73 bits per heavy atom. The first kappa shape index (κ1) is 14.2. The molecule has 0 atom stereocenters. The number of benzene rings is 2. The standard InChI is InChI=1S/C16H10F3NO2/c1-22-16(21)9-3-2-8-6-14(20-13(8)7-9)10-4-11(17)15(19)12(18)5-10/h2-7,20H,1H3. The third-order valence-corrected chi connectivity index (χ3v) is 3.34. The number of hydrogen-bond acceptors (Lipinski definition) is 2. The van der Waals surface area contributed by atoms with Gasteiger partial charge in [0.25, 0.3) is 0 Å². The number of nitrogens with one attached hydrogen (secondary N) is 1. The minimum atomic E-state index is -1.51. The lowest BCUT2D eigenvalue weighted by Crippen LogP contribution is -2.00. The summed E-state index contributed by atoms with van der Waals surface area (Å²) in [5, 5.41) is 0.743. The largest absolute Gasteiger partial charge is 0.465 e. The minimum absolute atomic E-state index is 0.173. The molecule has 0 aliphatic rings. The highest BCUT2D eigenvalue weighted by atomic mass is 19.2. The van der Waals surface area contributed by atoms with Crippen molar-refractivity contribution in [3.8, 4) is 11.3 Å². The van der Waals surface area contributed by atoms with Gasteiger partial charge in [0.1, 0.15) is 0 Å². The summed E-state index contributed by atoms with van der Waals surface area (Å²) < 4.78 is 44.2. The van der Waals surface area contributed by atoms with Crippen molar-refractivity contribution in [2.75, 3.05) is 7.11 Å². The van der Waals surface area contributed by atoms with E-state index in [-0.39, 0.29) is 5.56 Å². The third-order valence-electron chi connectivity index (χ3n) is 3.34. The Morgan fingerprint density at radius 1 is 1.05 bits per heavy atom. The molecule has 22 heavy (non-hydrogen) atoms. The Bertz CT molecular complexity index is 863. The molecule has 0 bridgehead atoms. The number of carbonyl (C=O) groups excluding carboxylic acids is 1. The van der Waals surface area contributed by atoms with Gasteiger partial charge >= 0.3 is 5.97 Å². The lowest BCUT2D eigenvalue weighted by molar-refractivity contribution is 0.0601. The van der Waals surface area contributed by atoms with Gasteiger partial charge in [-0.05, 0) is 30.3 Å². The van der Waals surface area contributed by atoms with Crippen molar-refractivity contribution < 1.29 is 22.7 Å². The molecule has 0 saturated heterocycles.